The normalized spacial score (nSPS) is 14.9. The van der Waals surface area contributed by atoms with Gasteiger partial charge in [0.2, 0.25) is 5.91 Å². The van der Waals surface area contributed by atoms with Crippen molar-refractivity contribution in [3.05, 3.63) is 77.9 Å². The zero-order valence-electron chi connectivity index (χ0n) is 22.6. The summed E-state index contributed by atoms with van der Waals surface area (Å²) in [4.78, 5) is 42.8. The van der Waals surface area contributed by atoms with E-state index >= 15 is 0 Å². The summed E-state index contributed by atoms with van der Waals surface area (Å²) < 4.78 is 16.1. The smallest absolute Gasteiger partial charge is 0.332 e. The van der Waals surface area contributed by atoms with Gasteiger partial charge in [-0.15, -0.1) is 0 Å². The minimum Gasteiger partial charge on any atom is -0.494 e. The summed E-state index contributed by atoms with van der Waals surface area (Å²) in [5.74, 6) is 1.07. The number of amides is 4. The Morgan fingerprint density at radius 1 is 0.949 bits per heavy atom. The molecule has 1 heterocycles. The van der Waals surface area contributed by atoms with Gasteiger partial charge in [0.05, 0.1) is 32.9 Å². The fourth-order valence-corrected chi connectivity index (χ4v) is 4.57. The van der Waals surface area contributed by atoms with Crippen LogP contribution in [0.3, 0.4) is 0 Å². The number of benzene rings is 3. The number of hydrogen-bond acceptors (Lipinski definition) is 6. The summed E-state index contributed by atoms with van der Waals surface area (Å²) in [5.41, 5.74) is 2.88. The first-order chi connectivity index (χ1) is 18.8. The predicted octanol–water partition coefficient (Wildman–Crippen LogP) is 4.82. The van der Waals surface area contributed by atoms with Crippen LogP contribution < -0.4 is 24.4 Å². The molecule has 1 fully saturated rings. The highest BCUT2D eigenvalue weighted by atomic mass is 16.5. The van der Waals surface area contributed by atoms with Crippen LogP contribution in [-0.4, -0.2) is 56.2 Å². The summed E-state index contributed by atoms with van der Waals surface area (Å²) in [7, 11) is 3.12. The Labute approximate surface area is 228 Å². The lowest BCUT2D eigenvalue weighted by Crippen LogP contribution is -2.39. The van der Waals surface area contributed by atoms with Crippen molar-refractivity contribution in [3.8, 4) is 17.2 Å². The van der Waals surface area contributed by atoms with Gasteiger partial charge in [0, 0.05) is 12.2 Å². The van der Waals surface area contributed by atoms with E-state index in [1.54, 1.807) is 62.8 Å². The van der Waals surface area contributed by atoms with E-state index in [1.165, 1.54) is 4.90 Å². The minimum atomic E-state index is -0.944. The second kappa shape index (κ2) is 12.3. The zero-order valence-corrected chi connectivity index (χ0v) is 22.6. The van der Waals surface area contributed by atoms with Gasteiger partial charge in [0.15, 0.2) is 11.5 Å². The molecule has 3 aromatic rings. The molecule has 1 aliphatic heterocycles. The standard InChI is InChI=1S/C30H33N3O6/c1-5-39-24-12-10-22(11-13-24)31-28(34)19-25-29(35)33(23-8-6-7-20(2)17-23)30(36)32(25)16-15-21-9-14-26(37-3)27(18-21)38-4/h6-14,17-18,25H,5,15-16,19H2,1-4H3,(H,31,34). The highest BCUT2D eigenvalue weighted by Gasteiger charge is 2.46. The van der Waals surface area contributed by atoms with E-state index in [9.17, 15) is 14.4 Å². The molecule has 1 atom stereocenters. The molecule has 0 radical (unpaired) electrons. The van der Waals surface area contributed by atoms with E-state index in [0.717, 1.165) is 16.0 Å². The number of ether oxygens (including phenoxy) is 3. The van der Waals surface area contributed by atoms with E-state index in [0.29, 0.717) is 41.7 Å². The number of methoxy groups -OCH3 is 2. The molecule has 0 bridgehead atoms. The molecular weight excluding hydrogens is 498 g/mol. The van der Waals surface area contributed by atoms with Gasteiger partial charge < -0.3 is 24.4 Å². The van der Waals surface area contributed by atoms with Crippen LogP contribution in [0.1, 0.15) is 24.5 Å². The molecule has 0 spiro atoms. The lowest BCUT2D eigenvalue weighted by molar-refractivity contribution is -0.124. The van der Waals surface area contributed by atoms with Gasteiger partial charge in [0.25, 0.3) is 5.91 Å². The molecule has 4 amide bonds. The Bertz CT molecular complexity index is 1340. The number of nitrogens with one attached hydrogen (secondary N) is 1. The first-order valence-electron chi connectivity index (χ1n) is 12.8. The van der Waals surface area contributed by atoms with Crippen molar-refractivity contribution >= 4 is 29.2 Å². The van der Waals surface area contributed by atoms with Crippen molar-refractivity contribution in [1.82, 2.24) is 4.90 Å². The van der Waals surface area contributed by atoms with Gasteiger partial charge in [-0.05, 0) is 79.9 Å². The van der Waals surface area contributed by atoms with Crippen LogP contribution >= 0.6 is 0 Å². The molecule has 0 aliphatic carbocycles. The second-order valence-corrected chi connectivity index (χ2v) is 9.15. The van der Waals surface area contributed by atoms with Crippen molar-refractivity contribution in [1.29, 1.82) is 0 Å². The number of carbonyl (C=O) groups excluding carboxylic acids is 3. The summed E-state index contributed by atoms with van der Waals surface area (Å²) in [6, 6.07) is 18.3. The Balaban J connectivity index is 1.54. The third kappa shape index (κ3) is 6.31. The van der Waals surface area contributed by atoms with Crippen LogP contribution in [0.5, 0.6) is 17.2 Å². The third-order valence-electron chi connectivity index (χ3n) is 6.50. The largest absolute Gasteiger partial charge is 0.494 e. The van der Waals surface area contributed by atoms with Gasteiger partial charge in [0.1, 0.15) is 11.8 Å². The van der Waals surface area contributed by atoms with Crippen LogP contribution in [0.4, 0.5) is 16.2 Å². The average Bonchev–Trinajstić information content (AvgIpc) is 3.16. The number of rotatable bonds is 11. The molecule has 0 aromatic heterocycles. The first-order valence-corrected chi connectivity index (χ1v) is 12.8. The summed E-state index contributed by atoms with van der Waals surface area (Å²) >= 11 is 0. The topological polar surface area (TPSA) is 97.4 Å². The van der Waals surface area contributed by atoms with Crippen LogP contribution in [0, 0.1) is 6.92 Å². The molecule has 1 aliphatic rings. The number of nitrogens with zero attached hydrogens (tertiary/aromatic N) is 2. The van der Waals surface area contributed by atoms with Gasteiger partial charge in [-0.3, -0.25) is 9.59 Å². The number of carbonyl (C=O) groups is 3. The number of hydrogen-bond donors (Lipinski definition) is 1. The van der Waals surface area contributed by atoms with Crippen molar-refractivity contribution in [2.45, 2.75) is 32.7 Å². The SMILES string of the molecule is CCOc1ccc(NC(=O)CC2C(=O)N(c3cccc(C)c3)C(=O)N2CCc2ccc(OC)c(OC)c2)cc1. The minimum absolute atomic E-state index is 0.175. The molecule has 0 saturated carbocycles. The van der Waals surface area contributed by atoms with E-state index in [-0.39, 0.29) is 18.9 Å². The Hall–Kier alpha value is -4.53. The van der Waals surface area contributed by atoms with Gasteiger partial charge in [-0.1, -0.05) is 18.2 Å². The predicted molar refractivity (Wildman–Crippen MR) is 149 cm³/mol. The molecule has 1 N–H and O–H groups in total. The van der Waals surface area contributed by atoms with E-state index in [4.69, 9.17) is 14.2 Å². The molecule has 9 nitrogen and oxygen atoms in total. The monoisotopic (exact) mass is 531 g/mol. The van der Waals surface area contributed by atoms with Crippen LogP contribution in [-0.2, 0) is 16.0 Å². The maximum absolute atomic E-state index is 13.6. The van der Waals surface area contributed by atoms with Gasteiger partial charge in [-0.25, -0.2) is 9.69 Å². The fraction of sp³-hybridized carbons (Fsp3) is 0.300. The summed E-state index contributed by atoms with van der Waals surface area (Å²) in [6.45, 7) is 4.57. The van der Waals surface area contributed by atoms with Crippen LogP contribution in [0.25, 0.3) is 0 Å². The van der Waals surface area contributed by atoms with Crippen molar-refractivity contribution in [3.63, 3.8) is 0 Å². The maximum atomic E-state index is 13.6. The number of aryl methyl sites for hydroxylation is 1. The average molecular weight is 532 g/mol. The molecule has 4 rings (SSSR count). The summed E-state index contributed by atoms with van der Waals surface area (Å²) in [6.07, 6.45) is 0.282. The number of urea groups is 1. The highest BCUT2D eigenvalue weighted by molar-refractivity contribution is 6.22. The molecule has 204 valence electrons. The first kappa shape index (κ1) is 27.5. The zero-order chi connectivity index (χ0) is 27.9. The van der Waals surface area contributed by atoms with E-state index < -0.39 is 18.0 Å². The Morgan fingerprint density at radius 2 is 1.69 bits per heavy atom. The Kier molecular flexibility index (Phi) is 8.70. The van der Waals surface area contributed by atoms with Gasteiger partial charge in [-0.2, -0.15) is 0 Å². The second-order valence-electron chi connectivity index (χ2n) is 9.15. The van der Waals surface area contributed by atoms with Crippen LogP contribution in [0.15, 0.2) is 66.7 Å². The fourth-order valence-electron chi connectivity index (χ4n) is 4.57. The van der Waals surface area contributed by atoms with Crippen molar-refractivity contribution in [2.24, 2.45) is 0 Å². The third-order valence-corrected chi connectivity index (χ3v) is 6.50. The highest BCUT2D eigenvalue weighted by Crippen LogP contribution is 2.30. The molecule has 3 aromatic carbocycles. The number of imide groups is 1. The maximum Gasteiger partial charge on any atom is 0.332 e. The van der Waals surface area contributed by atoms with Crippen LogP contribution in [0.2, 0.25) is 0 Å². The van der Waals surface area contributed by atoms with Gasteiger partial charge >= 0.3 is 6.03 Å². The Morgan fingerprint density at radius 3 is 2.36 bits per heavy atom. The molecule has 39 heavy (non-hydrogen) atoms. The van der Waals surface area contributed by atoms with E-state index in [2.05, 4.69) is 5.32 Å². The molecule has 1 unspecified atom stereocenters. The van der Waals surface area contributed by atoms with Crippen molar-refractivity contribution in [2.75, 3.05) is 37.6 Å². The van der Waals surface area contributed by atoms with Crippen molar-refractivity contribution < 1.29 is 28.6 Å². The summed E-state index contributed by atoms with van der Waals surface area (Å²) in [5, 5.41) is 2.83. The molecular formula is C30H33N3O6. The lowest BCUT2D eigenvalue weighted by atomic mass is 10.1. The quantitative estimate of drug-likeness (QED) is 0.357. The molecule has 1 saturated heterocycles. The lowest BCUT2D eigenvalue weighted by Gasteiger charge is -2.22. The number of anilines is 2. The van der Waals surface area contributed by atoms with E-state index in [1.807, 2.05) is 32.0 Å². The molecule has 9 heteroatoms.